The average molecular weight is 482 g/mol. The van der Waals surface area contributed by atoms with Crippen LogP contribution in [-0.4, -0.2) is 46.7 Å². The van der Waals surface area contributed by atoms with E-state index in [0.717, 1.165) is 34.5 Å². The van der Waals surface area contributed by atoms with Crippen LogP contribution in [0.2, 0.25) is 0 Å². The molecule has 1 heterocycles. The molecule has 2 aromatic rings. The lowest BCUT2D eigenvalue weighted by Crippen LogP contribution is -2.54. The van der Waals surface area contributed by atoms with Crippen LogP contribution in [0.3, 0.4) is 0 Å². The Kier molecular flexibility index (Phi) is 6.90. The molecule has 184 valence electrons. The summed E-state index contributed by atoms with van der Waals surface area (Å²) in [5.74, 6) is -2.75. The third-order valence-corrected chi connectivity index (χ3v) is 5.62. The monoisotopic (exact) mass is 482 g/mol. The molecule has 11 heteroatoms. The molecule has 35 heavy (non-hydrogen) atoms. The van der Waals surface area contributed by atoms with Gasteiger partial charge in [-0.25, -0.2) is 9.91 Å². The number of nitrogens with zero attached hydrogens (tertiary/aromatic N) is 3. The van der Waals surface area contributed by atoms with E-state index in [1.807, 2.05) is 20.8 Å². The van der Waals surface area contributed by atoms with Crippen LogP contribution in [0, 0.1) is 10.1 Å². The van der Waals surface area contributed by atoms with Gasteiger partial charge in [-0.15, -0.1) is 0 Å². The summed E-state index contributed by atoms with van der Waals surface area (Å²) < 4.78 is 5.14. The van der Waals surface area contributed by atoms with Gasteiger partial charge in [-0.1, -0.05) is 32.9 Å². The number of imide groups is 1. The molecule has 0 saturated carbocycles. The quantitative estimate of drug-likeness (QED) is 0.393. The van der Waals surface area contributed by atoms with E-state index in [4.69, 9.17) is 4.74 Å². The van der Waals surface area contributed by atoms with Gasteiger partial charge in [0.2, 0.25) is 11.8 Å². The molecule has 0 spiro atoms. The summed E-state index contributed by atoms with van der Waals surface area (Å²) in [6, 6.07) is 9.00. The van der Waals surface area contributed by atoms with Crippen LogP contribution >= 0.6 is 0 Å². The van der Waals surface area contributed by atoms with Crippen molar-refractivity contribution < 1.29 is 28.8 Å². The van der Waals surface area contributed by atoms with Crippen molar-refractivity contribution in [3.05, 3.63) is 63.7 Å². The van der Waals surface area contributed by atoms with Crippen molar-refractivity contribution >= 4 is 35.0 Å². The van der Waals surface area contributed by atoms with Gasteiger partial charge in [0.1, 0.15) is 11.8 Å². The van der Waals surface area contributed by atoms with E-state index < -0.39 is 34.6 Å². The second-order valence-electron chi connectivity index (χ2n) is 9.06. The second-order valence-corrected chi connectivity index (χ2v) is 9.06. The van der Waals surface area contributed by atoms with Crippen LogP contribution < -0.4 is 15.1 Å². The minimum Gasteiger partial charge on any atom is -0.494 e. The van der Waals surface area contributed by atoms with Crippen molar-refractivity contribution in [2.24, 2.45) is 0 Å². The number of nitro benzene ring substituents is 1. The topological polar surface area (TPSA) is 139 Å². The van der Waals surface area contributed by atoms with Crippen LogP contribution in [0.4, 0.5) is 11.4 Å². The predicted octanol–water partition coefficient (Wildman–Crippen LogP) is 2.73. The van der Waals surface area contributed by atoms with Crippen molar-refractivity contribution in [2.75, 3.05) is 12.0 Å². The van der Waals surface area contributed by atoms with Crippen molar-refractivity contribution in [3.8, 4) is 5.75 Å². The molecule has 0 radical (unpaired) electrons. The number of hydrogen-bond donors (Lipinski definition) is 1. The normalized spacial score (nSPS) is 15.7. The molecule has 1 atom stereocenters. The number of non-ortho nitro benzene ring substituents is 1. The van der Waals surface area contributed by atoms with Gasteiger partial charge in [-0.2, -0.15) is 0 Å². The van der Waals surface area contributed by atoms with Crippen LogP contribution in [0.25, 0.3) is 0 Å². The highest BCUT2D eigenvalue weighted by atomic mass is 16.6. The fourth-order valence-corrected chi connectivity index (χ4v) is 3.71. The molecular weight excluding hydrogens is 456 g/mol. The number of benzene rings is 2. The summed E-state index contributed by atoms with van der Waals surface area (Å²) in [6.45, 7) is 7.27. The molecule has 0 aliphatic carbocycles. The minimum absolute atomic E-state index is 0.00296. The number of rotatable bonds is 5. The molecule has 1 saturated heterocycles. The van der Waals surface area contributed by atoms with E-state index in [9.17, 15) is 29.3 Å². The number of amides is 4. The predicted molar refractivity (Wildman–Crippen MR) is 126 cm³/mol. The Morgan fingerprint density at radius 3 is 2.29 bits per heavy atom. The first-order valence-electron chi connectivity index (χ1n) is 10.8. The smallest absolute Gasteiger partial charge is 0.273 e. The van der Waals surface area contributed by atoms with Crippen LogP contribution in [0.1, 0.15) is 50.0 Å². The third-order valence-electron chi connectivity index (χ3n) is 5.62. The number of hydrazine groups is 1. The van der Waals surface area contributed by atoms with Gasteiger partial charge >= 0.3 is 0 Å². The summed E-state index contributed by atoms with van der Waals surface area (Å²) in [7, 11) is 1.25. The van der Waals surface area contributed by atoms with E-state index in [-0.39, 0.29) is 34.5 Å². The number of methoxy groups -OCH3 is 1. The number of nitrogens with one attached hydrogen (secondary N) is 1. The second kappa shape index (κ2) is 9.53. The van der Waals surface area contributed by atoms with Crippen LogP contribution in [0.15, 0.2) is 42.5 Å². The molecule has 2 aromatic carbocycles. The zero-order valence-corrected chi connectivity index (χ0v) is 20.0. The molecule has 11 nitrogen and oxygen atoms in total. The highest BCUT2D eigenvalue weighted by Crippen LogP contribution is 2.35. The number of anilines is 1. The van der Waals surface area contributed by atoms with E-state index in [2.05, 4.69) is 5.43 Å². The van der Waals surface area contributed by atoms with E-state index in [1.54, 1.807) is 24.3 Å². The standard InChI is InChI=1S/C24H26N4O7/c1-14(29)27(25-22(31)15-6-8-16(9-7-15)24(2,3)4)19-13-21(30)26(23(19)32)18-11-10-17(28(33)34)12-20(18)35-5/h6-12,19H,13H2,1-5H3,(H,25,31). The van der Waals surface area contributed by atoms with Gasteiger partial charge < -0.3 is 4.74 Å². The van der Waals surface area contributed by atoms with E-state index in [1.165, 1.54) is 13.2 Å². The maximum atomic E-state index is 13.2. The Morgan fingerprint density at radius 2 is 1.77 bits per heavy atom. The van der Waals surface area contributed by atoms with E-state index >= 15 is 0 Å². The summed E-state index contributed by atoms with van der Waals surface area (Å²) in [6.07, 6.45) is -0.387. The highest BCUT2D eigenvalue weighted by Gasteiger charge is 2.45. The molecule has 1 unspecified atom stereocenters. The molecular formula is C24H26N4O7. The maximum absolute atomic E-state index is 13.2. The molecule has 1 aliphatic rings. The van der Waals surface area contributed by atoms with Gasteiger partial charge in [-0.3, -0.25) is 34.7 Å². The van der Waals surface area contributed by atoms with Crippen molar-refractivity contribution in [3.63, 3.8) is 0 Å². The number of hydrogen-bond acceptors (Lipinski definition) is 7. The van der Waals surface area contributed by atoms with Crippen molar-refractivity contribution in [1.29, 1.82) is 0 Å². The molecule has 1 N–H and O–H groups in total. The van der Waals surface area contributed by atoms with Gasteiger partial charge in [0.15, 0.2) is 0 Å². The highest BCUT2D eigenvalue weighted by molar-refractivity contribution is 6.23. The minimum atomic E-state index is -1.29. The average Bonchev–Trinajstić information content (AvgIpc) is 3.09. The van der Waals surface area contributed by atoms with Crippen LogP contribution in [0.5, 0.6) is 5.75 Å². The Labute approximate surface area is 201 Å². The number of carbonyl (C=O) groups is 4. The van der Waals surface area contributed by atoms with Crippen LogP contribution in [-0.2, 0) is 19.8 Å². The Morgan fingerprint density at radius 1 is 1.14 bits per heavy atom. The molecule has 4 amide bonds. The summed E-state index contributed by atoms with van der Waals surface area (Å²) in [5, 5.41) is 11.9. The summed E-state index contributed by atoms with van der Waals surface area (Å²) >= 11 is 0. The van der Waals surface area contributed by atoms with Gasteiger partial charge in [0, 0.05) is 18.6 Å². The number of ether oxygens (including phenoxy) is 1. The fourth-order valence-electron chi connectivity index (χ4n) is 3.71. The summed E-state index contributed by atoms with van der Waals surface area (Å²) in [5.41, 5.74) is 3.33. The van der Waals surface area contributed by atoms with Gasteiger partial charge in [-0.05, 0) is 29.2 Å². The van der Waals surface area contributed by atoms with Crippen molar-refractivity contribution in [1.82, 2.24) is 10.4 Å². The van der Waals surface area contributed by atoms with Gasteiger partial charge in [0.05, 0.1) is 30.2 Å². The largest absolute Gasteiger partial charge is 0.494 e. The van der Waals surface area contributed by atoms with Gasteiger partial charge in [0.25, 0.3) is 17.5 Å². The molecule has 3 rings (SSSR count). The zero-order valence-electron chi connectivity index (χ0n) is 20.0. The number of carbonyl (C=O) groups excluding carboxylic acids is 4. The molecule has 0 aromatic heterocycles. The first-order valence-corrected chi connectivity index (χ1v) is 10.8. The Bertz CT molecular complexity index is 1200. The molecule has 0 bridgehead atoms. The first-order chi connectivity index (χ1) is 16.3. The summed E-state index contributed by atoms with van der Waals surface area (Å²) in [4.78, 5) is 62.3. The lowest BCUT2D eigenvalue weighted by molar-refractivity contribution is -0.384. The van der Waals surface area contributed by atoms with E-state index in [0.29, 0.717) is 0 Å². The zero-order chi connectivity index (χ0) is 26.1. The lowest BCUT2D eigenvalue weighted by Gasteiger charge is -2.27. The Hall–Kier alpha value is -4.28. The number of nitro groups is 1. The third kappa shape index (κ3) is 5.13. The fraction of sp³-hybridized carbons (Fsp3) is 0.333. The van der Waals surface area contributed by atoms with Crippen molar-refractivity contribution in [2.45, 2.75) is 45.6 Å². The lowest BCUT2D eigenvalue weighted by atomic mass is 9.87. The SMILES string of the molecule is COc1cc([N+](=O)[O-])ccc1N1C(=O)CC(N(NC(=O)c2ccc(C(C)(C)C)cc2)C(C)=O)C1=O. The molecule has 1 aliphatic heterocycles. The Balaban J connectivity index is 1.86. The first kappa shape index (κ1) is 25.3. The maximum Gasteiger partial charge on any atom is 0.273 e. The molecule has 1 fully saturated rings.